The highest BCUT2D eigenvalue weighted by Crippen LogP contribution is 2.30. The van der Waals surface area contributed by atoms with Crippen LogP contribution in [0.15, 0.2) is 22.8 Å². The van der Waals surface area contributed by atoms with E-state index in [1.54, 1.807) is 6.26 Å². The number of fused-ring (bicyclic) bond motifs is 1. The van der Waals surface area contributed by atoms with Crippen molar-refractivity contribution in [2.24, 2.45) is 11.8 Å². The van der Waals surface area contributed by atoms with Crippen molar-refractivity contribution in [3.05, 3.63) is 24.2 Å². The maximum Gasteiger partial charge on any atom is 0.311 e. The van der Waals surface area contributed by atoms with Gasteiger partial charge in [0.2, 0.25) is 5.91 Å². The van der Waals surface area contributed by atoms with E-state index in [9.17, 15) is 14.7 Å². The van der Waals surface area contributed by atoms with Gasteiger partial charge in [0, 0.05) is 51.2 Å². The highest BCUT2D eigenvalue weighted by atomic mass is 16.5. The largest absolute Gasteiger partial charge is 0.468 e. The molecule has 1 saturated carbocycles. The number of aliphatic hydroxyl groups excluding tert-OH is 1. The summed E-state index contributed by atoms with van der Waals surface area (Å²) < 4.78 is 10.8. The number of aliphatic hydroxyl groups is 1. The summed E-state index contributed by atoms with van der Waals surface area (Å²) in [5.41, 5.74) is 0. The zero-order chi connectivity index (χ0) is 20.4. The van der Waals surface area contributed by atoms with Gasteiger partial charge in [-0.05, 0) is 31.9 Å². The van der Waals surface area contributed by atoms with E-state index in [0.717, 1.165) is 18.8 Å². The van der Waals surface area contributed by atoms with Crippen LogP contribution in [0.4, 0.5) is 0 Å². The first-order valence-corrected chi connectivity index (χ1v) is 10.7. The minimum atomic E-state index is -0.322. The normalized spacial score (nSPS) is 30.9. The molecule has 2 atom stereocenters. The number of hydrogen-bond acceptors (Lipinski definition) is 7. The molecule has 1 N–H and O–H groups in total. The van der Waals surface area contributed by atoms with Crippen molar-refractivity contribution < 1.29 is 23.8 Å². The van der Waals surface area contributed by atoms with Gasteiger partial charge in [0.05, 0.1) is 31.4 Å². The summed E-state index contributed by atoms with van der Waals surface area (Å²) in [6.07, 6.45) is 2.51. The maximum absolute atomic E-state index is 12.8. The summed E-state index contributed by atoms with van der Waals surface area (Å²) in [4.78, 5) is 31.8. The Bertz CT molecular complexity index is 703. The van der Waals surface area contributed by atoms with Gasteiger partial charge < -0.3 is 19.2 Å². The second-order valence-electron chi connectivity index (χ2n) is 8.48. The summed E-state index contributed by atoms with van der Waals surface area (Å²) in [5, 5.41) is 9.53. The Kier molecular flexibility index (Phi) is 6.22. The van der Waals surface area contributed by atoms with Gasteiger partial charge in [-0.1, -0.05) is 0 Å². The second-order valence-corrected chi connectivity index (χ2v) is 8.48. The van der Waals surface area contributed by atoms with Crippen molar-refractivity contribution >= 4 is 11.9 Å². The fourth-order valence-corrected chi connectivity index (χ4v) is 4.74. The lowest BCUT2D eigenvalue weighted by Gasteiger charge is -2.44. The Labute approximate surface area is 171 Å². The lowest BCUT2D eigenvalue weighted by molar-refractivity contribution is -0.150. The number of rotatable bonds is 5. The minimum Gasteiger partial charge on any atom is -0.468 e. The minimum absolute atomic E-state index is 0.0335. The van der Waals surface area contributed by atoms with Crippen LogP contribution >= 0.6 is 0 Å². The topological polar surface area (TPSA) is 86.5 Å². The van der Waals surface area contributed by atoms with Gasteiger partial charge in [-0.25, -0.2) is 0 Å². The Morgan fingerprint density at radius 1 is 1.17 bits per heavy atom. The number of ether oxygens (including phenoxy) is 1. The Morgan fingerprint density at radius 3 is 2.69 bits per heavy atom. The number of carbonyl (C=O) groups excluding carboxylic acids is 2. The number of hydrogen-bond donors (Lipinski definition) is 1. The van der Waals surface area contributed by atoms with Crippen LogP contribution in [0.2, 0.25) is 0 Å². The summed E-state index contributed by atoms with van der Waals surface area (Å²) in [6, 6.07) is 3.99. The van der Waals surface area contributed by atoms with Crippen LogP contribution in [0, 0.1) is 11.8 Å². The van der Waals surface area contributed by atoms with Crippen molar-refractivity contribution in [2.45, 2.75) is 38.5 Å². The molecule has 1 amide bonds. The van der Waals surface area contributed by atoms with E-state index >= 15 is 0 Å². The third-order valence-corrected chi connectivity index (χ3v) is 6.36. The molecule has 8 heteroatoms. The standard InChI is InChI=1S/C21H31N3O5/c1-2-28-21(27)16-10-22(14-19-4-3-7-29-19)12-17-13-24(6-5-23(17)11-16)20(26)15-8-18(25)9-15/h3-4,7,15-18,25H,2,5-6,8-14H2,1H3. The van der Waals surface area contributed by atoms with E-state index < -0.39 is 0 Å². The van der Waals surface area contributed by atoms with Crippen LogP contribution in [0.25, 0.3) is 0 Å². The molecule has 0 radical (unpaired) electrons. The zero-order valence-electron chi connectivity index (χ0n) is 17.0. The van der Waals surface area contributed by atoms with Crippen molar-refractivity contribution in [3.8, 4) is 0 Å². The van der Waals surface area contributed by atoms with Gasteiger partial charge in [-0.3, -0.25) is 19.4 Å². The van der Waals surface area contributed by atoms with Crippen LogP contribution < -0.4 is 0 Å². The Hall–Kier alpha value is -1.90. The molecule has 1 aliphatic carbocycles. The molecule has 2 unspecified atom stereocenters. The number of piperazine rings is 1. The molecule has 2 saturated heterocycles. The molecule has 1 aromatic heterocycles. The number of furan rings is 1. The lowest BCUT2D eigenvalue weighted by Crippen LogP contribution is -2.59. The molecule has 8 nitrogen and oxygen atoms in total. The molecule has 4 rings (SSSR count). The Morgan fingerprint density at radius 2 is 2.00 bits per heavy atom. The van der Waals surface area contributed by atoms with Crippen molar-refractivity contribution in [1.29, 1.82) is 0 Å². The van der Waals surface area contributed by atoms with Crippen molar-refractivity contribution in [2.75, 3.05) is 45.9 Å². The Balaban J connectivity index is 1.45. The second kappa shape index (κ2) is 8.85. The number of carbonyl (C=O) groups is 2. The molecule has 0 aromatic carbocycles. The van der Waals surface area contributed by atoms with Gasteiger partial charge in [-0.15, -0.1) is 0 Å². The van der Waals surface area contributed by atoms with E-state index in [1.807, 2.05) is 24.0 Å². The lowest BCUT2D eigenvalue weighted by atomic mass is 9.81. The predicted octanol–water partition coefficient (Wildman–Crippen LogP) is 0.558. The highest BCUT2D eigenvalue weighted by molar-refractivity contribution is 5.80. The summed E-state index contributed by atoms with van der Waals surface area (Å²) in [7, 11) is 0. The van der Waals surface area contributed by atoms with Gasteiger partial charge in [0.1, 0.15) is 5.76 Å². The fraction of sp³-hybridized carbons (Fsp3) is 0.714. The number of esters is 1. The van der Waals surface area contributed by atoms with E-state index in [4.69, 9.17) is 9.15 Å². The molecule has 2 aliphatic heterocycles. The maximum atomic E-state index is 12.8. The van der Waals surface area contributed by atoms with Gasteiger partial charge in [0.25, 0.3) is 0 Å². The summed E-state index contributed by atoms with van der Waals surface area (Å²) in [5.74, 6) is 0.638. The fourth-order valence-electron chi connectivity index (χ4n) is 4.74. The van der Waals surface area contributed by atoms with Gasteiger partial charge in [-0.2, -0.15) is 0 Å². The molecule has 3 heterocycles. The first-order valence-electron chi connectivity index (χ1n) is 10.7. The van der Waals surface area contributed by atoms with Crippen LogP contribution in [0.3, 0.4) is 0 Å². The van der Waals surface area contributed by atoms with E-state index in [1.165, 1.54) is 0 Å². The molecule has 0 bridgehead atoms. The van der Waals surface area contributed by atoms with E-state index in [2.05, 4.69) is 9.80 Å². The average molecular weight is 405 g/mol. The monoisotopic (exact) mass is 405 g/mol. The van der Waals surface area contributed by atoms with Crippen molar-refractivity contribution in [3.63, 3.8) is 0 Å². The van der Waals surface area contributed by atoms with E-state index in [-0.39, 0.29) is 35.9 Å². The third-order valence-electron chi connectivity index (χ3n) is 6.36. The quantitative estimate of drug-likeness (QED) is 0.716. The molecular formula is C21H31N3O5. The molecule has 160 valence electrons. The van der Waals surface area contributed by atoms with Crippen molar-refractivity contribution in [1.82, 2.24) is 14.7 Å². The van der Waals surface area contributed by atoms with Crippen LogP contribution in [-0.2, 0) is 20.9 Å². The SMILES string of the molecule is CCOC(=O)C1CN(Cc2ccco2)CC2CN(C(=O)C3CC(O)C3)CCN2C1. The predicted molar refractivity (Wildman–Crippen MR) is 105 cm³/mol. The molecule has 29 heavy (non-hydrogen) atoms. The summed E-state index contributed by atoms with van der Waals surface area (Å²) >= 11 is 0. The number of nitrogens with zero attached hydrogens (tertiary/aromatic N) is 3. The first-order chi connectivity index (χ1) is 14.0. The van der Waals surface area contributed by atoms with Crippen LogP contribution in [0.1, 0.15) is 25.5 Å². The van der Waals surface area contributed by atoms with Crippen LogP contribution in [0.5, 0.6) is 0 Å². The zero-order valence-corrected chi connectivity index (χ0v) is 17.0. The van der Waals surface area contributed by atoms with Gasteiger partial charge >= 0.3 is 5.97 Å². The molecule has 3 aliphatic rings. The van der Waals surface area contributed by atoms with Crippen LogP contribution in [-0.4, -0.2) is 89.7 Å². The van der Waals surface area contributed by atoms with E-state index in [0.29, 0.717) is 52.2 Å². The first kappa shape index (κ1) is 20.4. The van der Waals surface area contributed by atoms with Gasteiger partial charge in [0.15, 0.2) is 0 Å². The summed E-state index contributed by atoms with van der Waals surface area (Å²) in [6.45, 7) is 7.00. The number of amides is 1. The molecule has 1 aromatic rings. The average Bonchev–Trinajstić information content (AvgIpc) is 3.11. The molecule has 3 fully saturated rings. The smallest absolute Gasteiger partial charge is 0.311 e. The molecular weight excluding hydrogens is 374 g/mol. The highest BCUT2D eigenvalue weighted by Gasteiger charge is 2.41. The third kappa shape index (κ3) is 4.65. The molecule has 0 spiro atoms.